The highest BCUT2D eigenvalue weighted by atomic mass is 32.2. The maximum Gasteiger partial charge on any atom is 0.355 e. The fraction of sp³-hybridized carbons (Fsp3) is 0.571. The first-order valence-electron chi connectivity index (χ1n) is 3.81. The van der Waals surface area contributed by atoms with E-state index in [2.05, 4.69) is 9.47 Å². The minimum atomic E-state index is -4.60. The summed E-state index contributed by atoms with van der Waals surface area (Å²) < 4.78 is 38.7. The molecule has 0 saturated carbocycles. The van der Waals surface area contributed by atoms with Crippen molar-refractivity contribution in [2.24, 2.45) is 0 Å². The van der Waals surface area contributed by atoms with Gasteiger partial charge in [0.1, 0.15) is 6.26 Å². The molecule has 0 saturated heterocycles. The molecule has 0 aromatic rings. The fourth-order valence-corrected chi connectivity index (χ4v) is 1.07. The molecule has 0 aromatic heterocycles. The highest BCUT2D eigenvalue weighted by Crippen LogP contribution is 2.06. The summed E-state index contributed by atoms with van der Waals surface area (Å²) >= 11 is 0. The van der Waals surface area contributed by atoms with Crippen LogP contribution in [0.15, 0.2) is 11.2 Å². The molecule has 14 heavy (non-hydrogen) atoms. The van der Waals surface area contributed by atoms with Crippen molar-refractivity contribution in [3.63, 3.8) is 0 Å². The quantitative estimate of drug-likeness (QED) is 0.313. The summed E-state index contributed by atoms with van der Waals surface area (Å²) in [4.78, 5) is 10.1. The van der Waals surface area contributed by atoms with Crippen molar-refractivity contribution in [1.82, 2.24) is 0 Å². The molecule has 0 aliphatic carbocycles. The summed E-state index contributed by atoms with van der Waals surface area (Å²) in [6.07, 6.45) is 1.17. The van der Waals surface area contributed by atoms with Crippen molar-refractivity contribution in [2.45, 2.75) is 13.3 Å². The Morgan fingerprint density at radius 1 is 1.50 bits per heavy atom. The first kappa shape index (κ1) is 12.9. The van der Waals surface area contributed by atoms with Crippen LogP contribution in [0.2, 0.25) is 0 Å². The Morgan fingerprint density at radius 3 is 2.43 bits per heavy atom. The van der Waals surface area contributed by atoms with Crippen LogP contribution in [-0.2, 0) is 24.4 Å². The van der Waals surface area contributed by atoms with Gasteiger partial charge in [0.25, 0.3) is 0 Å². The number of carbonyl (C=O) groups is 1. The molecule has 0 aliphatic heterocycles. The lowest BCUT2D eigenvalue weighted by atomic mass is 10.5. The average molecular weight is 224 g/mol. The smallest absolute Gasteiger partial charge is 0.355 e. The van der Waals surface area contributed by atoms with Gasteiger partial charge < -0.3 is 9.47 Å². The van der Waals surface area contributed by atoms with Gasteiger partial charge in [-0.05, 0) is 6.42 Å². The Morgan fingerprint density at radius 2 is 2.07 bits per heavy atom. The Bertz CT molecular complexity index is 315. The van der Waals surface area contributed by atoms with Crippen molar-refractivity contribution in [2.75, 3.05) is 13.7 Å². The van der Waals surface area contributed by atoms with Crippen LogP contribution in [0.3, 0.4) is 0 Å². The normalized spacial score (nSPS) is 12.4. The number of hydrogen-bond donors (Lipinski definition) is 1. The van der Waals surface area contributed by atoms with Gasteiger partial charge in [-0.15, -0.1) is 0 Å². The lowest BCUT2D eigenvalue weighted by Gasteiger charge is -2.03. The third kappa shape index (κ3) is 4.24. The molecule has 6 nitrogen and oxygen atoms in total. The number of ether oxygens (including phenoxy) is 2. The Hall–Kier alpha value is -1.08. The number of rotatable bonds is 5. The van der Waals surface area contributed by atoms with Crippen molar-refractivity contribution in [3.05, 3.63) is 11.2 Å². The van der Waals surface area contributed by atoms with Crippen LogP contribution in [0.4, 0.5) is 0 Å². The molecule has 7 heteroatoms. The molecule has 0 heterocycles. The second kappa shape index (κ2) is 5.61. The molecular weight excluding hydrogens is 212 g/mol. The number of hydrogen-bond acceptors (Lipinski definition) is 5. The average Bonchev–Trinajstić information content (AvgIpc) is 2.08. The zero-order valence-electron chi connectivity index (χ0n) is 7.89. The lowest BCUT2D eigenvalue weighted by Crippen LogP contribution is -2.16. The van der Waals surface area contributed by atoms with Gasteiger partial charge in [0.05, 0.1) is 13.7 Å². The van der Waals surface area contributed by atoms with Gasteiger partial charge in [-0.1, -0.05) is 6.92 Å². The van der Waals surface area contributed by atoms with E-state index >= 15 is 0 Å². The first-order chi connectivity index (χ1) is 6.43. The van der Waals surface area contributed by atoms with Gasteiger partial charge >= 0.3 is 16.1 Å². The highest BCUT2D eigenvalue weighted by molar-refractivity contribution is 7.90. The predicted molar refractivity (Wildman–Crippen MR) is 47.9 cm³/mol. The summed E-state index contributed by atoms with van der Waals surface area (Å²) in [6, 6.07) is 0. The van der Waals surface area contributed by atoms with Crippen LogP contribution < -0.4 is 0 Å². The molecule has 0 atom stereocenters. The minimum Gasteiger partial charge on any atom is -0.503 e. The van der Waals surface area contributed by atoms with Crippen LogP contribution in [-0.4, -0.2) is 32.7 Å². The first-order valence-corrected chi connectivity index (χ1v) is 5.25. The Kier molecular flexibility index (Phi) is 5.18. The van der Waals surface area contributed by atoms with E-state index in [0.29, 0.717) is 12.7 Å². The standard InChI is InChI=1S/C7H12O6S/c1-3-4-13-7(8)6(5-12-2)14(9,10)11/h5H,3-4H2,1-2H3,(H,9,10,11). The van der Waals surface area contributed by atoms with Gasteiger partial charge in [-0.3, -0.25) is 4.55 Å². The Balaban J connectivity index is 4.70. The number of carbonyl (C=O) groups excluding carboxylic acids is 1. The zero-order chi connectivity index (χ0) is 11.2. The van der Waals surface area contributed by atoms with E-state index in [1.54, 1.807) is 6.92 Å². The lowest BCUT2D eigenvalue weighted by molar-refractivity contribution is -0.138. The third-order valence-corrected chi connectivity index (χ3v) is 1.96. The molecule has 0 aliphatic rings. The second-order valence-corrected chi connectivity index (χ2v) is 3.72. The summed E-state index contributed by atoms with van der Waals surface area (Å²) in [5.74, 6) is -1.13. The summed E-state index contributed by atoms with van der Waals surface area (Å²) in [7, 11) is -3.44. The zero-order valence-corrected chi connectivity index (χ0v) is 8.70. The molecule has 0 bridgehead atoms. The summed E-state index contributed by atoms with van der Waals surface area (Å²) in [5.41, 5.74) is 0. The molecular formula is C7H12O6S. The van der Waals surface area contributed by atoms with Gasteiger partial charge in [-0.2, -0.15) is 8.42 Å². The Labute approximate surface area is 82.3 Å². The number of methoxy groups -OCH3 is 1. The molecule has 0 radical (unpaired) electrons. The van der Waals surface area contributed by atoms with E-state index in [4.69, 9.17) is 4.55 Å². The van der Waals surface area contributed by atoms with Crippen LogP contribution in [0.25, 0.3) is 0 Å². The van der Waals surface area contributed by atoms with E-state index in [9.17, 15) is 13.2 Å². The topological polar surface area (TPSA) is 89.9 Å². The summed E-state index contributed by atoms with van der Waals surface area (Å²) in [6.45, 7) is 1.83. The fourth-order valence-electron chi connectivity index (χ4n) is 0.587. The second-order valence-electron chi connectivity index (χ2n) is 2.33. The van der Waals surface area contributed by atoms with Crippen LogP contribution in [0.1, 0.15) is 13.3 Å². The van der Waals surface area contributed by atoms with Gasteiger partial charge in [-0.25, -0.2) is 4.79 Å². The molecule has 82 valence electrons. The monoisotopic (exact) mass is 224 g/mol. The van der Waals surface area contributed by atoms with E-state index in [1.807, 2.05) is 0 Å². The number of esters is 1. The van der Waals surface area contributed by atoms with Crippen molar-refractivity contribution in [1.29, 1.82) is 0 Å². The molecule has 0 aromatic carbocycles. The molecule has 0 amide bonds. The van der Waals surface area contributed by atoms with Crippen LogP contribution >= 0.6 is 0 Å². The molecule has 0 rings (SSSR count). The third-order valence-electron chi connectivity index (χ3n) is 1.14. The maximum absolute atomic E-state index is 11.0. The summed E-state index contributed by atoms with van der Waals surface area (Å²) in [5, 5.41) is 0. The van der Waals surface area contributed by atoms with E-state index in [0.717, 1.165) is 7.11 Å². The van der Waals surface area contributed by atoms with Crippen LogP contribution in [0.5, 0.6) is 0 Å². The molecule has 0 fully saturated rings. The molecule has 1 N–H and O–H groups in total. The van der Waals surface area contributed by atoms with Crippen molar-refractivity contribution >= 4 is 16.1 Å². The van der Waals surface area contributed by atoms with Gasteiger partial charge in [0.2, 0.25) is 4.91 Å². The van der Waals surface area contributed by atoms with Gasteiger partial charge in [0, 0.05) is 0 Å². The molecule has 0 unspecified atom stereocenters. The van der Waals surface area contributed by atoms with E-state index < -0.39 is 21.0 Å². The largest absolute Gasteiger partial charge is 0.503 e. The van der Waals surface area contributed by atoms with E-state index in [1.165, 1.54) is 0 Å². The minimum absolute atomic E-state index is 0.0788. The predicted octanol–water partition coefficient (Wildman–Crippen LogP) is 0.315. The highest BCUT2D eigenvalue weighted by Gasteiger charge is 2.24. The molecule has 0 spiro atoms. The van der Waals surface area contributed by atoms with E-state index in [-0.39, 0.29) is 6.61 Å². The van der Waals surface area contributed by atoms with Gasteiger partial charge in [0.15, 0.2) is 0 Å². The van der Waals surface area contributed by atoms with Crippen LogP contribution in [0, 0.1) is 0 Å². The maximum atomic E-state index is 11.0. The van der Waals surface area contributed by atoms with Crippen molar-refractivity contribution < 1.29 is 27.2 Å². The SMILES string of the molecule is CCCOC(=O)C(=COC)S(=O)(=O)O. The van der Waals surface area contributed by atoms with Crippen molar-refractivity contribution in [3.8, 4) is 0 Å².